The van der Waals surface area contributed by atoms with Crippen LogP contribution in [0.4, 0.5) is 18.9 Å². The number of thiazole rings is 1. The molecular formula is C20H16F3N3O2S. The van der Waals surface area contributed by atoms with Crippen molar-refractivity contribution in [3.63, 3.8) is 0 Å². The summed E-state index contributed by atoms with van der Waals surface area (Å²) in [7, 11) is 0. The number of carbonyl (C=O) groups excluding carboxylic acids is 2. The van der Waals surface area contributed by atoms with E-state index in [0.717, 1.165) is 22.2 Å². The second-order valence-corrected chi connectivity index (χ2v) is 7.10. The lowest BCUT2D eigenvalue weighted by Crippen LogP contribution is -2.34. The van der Waals surface area contributed by atoms with Gasteiger partial charge in [-0.15, -0.1) is 11.3 Å². The summed E-state index contributed by atoms with van der Waals surface area (Å²) >= 11 is 1.41. The van der Waals surface area contributed by atoms with E-state index in [1.165, 1.54) is 11.3 Å². The summed E-state index contributed by atoms with van der Waals surface area (Å²) < 4.78 is 39.6. The number of rotatable bonds is 6. The Kier molecular flexibility index (Phi) is 6.28. The highest BCUT2D eigenvalue weighted by Gasteiger charge is 2.16. The van der Waals surface area contributed by atoms with E-state index in [9.17, 15) is 22.8 Å². The molecule has 29 heavy (non-hydrogen) atoms. The Morgan fingerprint density at radius 3 is 2.62 bits per heavy atom. The molecule has 1 aromatic heterocycles. The number of aryl methyl sites for hydroxylation is 1. The van der Waals surface area contributed by atoms with Crippen molar-refractivity contribution in [3.05, 3.63) is 70.5 Å². The summed E-state index contributed by atoms with van der Waals surface area (Å²) in [5, 5.41) is 7.00. The Balaban J connectivity index is 1.53. The maximum absolute atomic E-state index is 13.6. The van der Waals surface area contributed by atoms with Gasteiger partial charge in [-0.2, -0.15) is 0 Å². The average molecular weight is 419 g/mol. The van der Waals surface area contributed by atoms with Crippen molar-refractivity contribution >= 4 is 28.8 Å². The Labute approximate surface area is 168 Å². The van der Waals surface area contributed by atoms with E-state index in [4.69, 9.17) is 0 Å². The third-order valence-corrected chi connectivity index (χ3v) is 4.85. The molecule has 2 N–H and O–H groups in total. The smallest absolute Gasteiger partial charge is 0.243 e. The first-order chi connectivity index (χ1) is 13.8. The van der Waals surface area contributed by atoms with Crippen LogP contribution >= 0.6 is 11.3 Å². The number of amides is 2. The van der Waals surface area contributed by atoms with Crippen LogP contribution < -0.4 is 10.6 Å². The molecule has 2 amide bonds. The summed E-state index contributed by atoms with van der Waals surface area (Å²) in [6.45, 7) is 1.52. The van der Waals surface area contributed by atoms with Crippen LogP contribution in [0.5, 0.6) is 0 Å². The monoisotopic (exact) mass is 419 g/mol. The molecule has 5 nitrogen and oxygen atoms in total. The van der Waals surface area contributed by atoms with E-state index in [-0.39, 0.29) is 6.42 Å². The lowest BCUT2D eigenvalue weighted by molar-refractivity contribution is -0.123. The fourth-order valence-electron chi connectivity index (χ4n) is 2.52. The van der Waals surface area contributed by atoms with Gasteiger partial charge in [-0.25, -0.2) is 18.2 Å². The van der Waals surface area contributed by atoms with Gasteiger partial charge in [-0.3, -0.25) is 9.59 Å². The average Bonchev–Trinajstić information content (AvgIpc) is 3.15. The molecule has 0 fully saturated rings. The van der Waals surface area contributed by atoms with Crippen molar-refractivity contribution in [2.24, 2.45) is 0 Å². The number of hydrogen-bond acceptors (Lipinski definition) is 4. The van der Waals surface area contributed by atoms with Gasteiger partial charge in [0.05, 0.1) is 24.3 Å². The van der Waals surface area contributed by atoms with E-state index in [2.05, 4.69) is 15.6 Å². The summed E-state index contributed by atoms with van der Waals surface area (Å²) in [5.41, 5.74) is 2.09. The predicted octanol–water partition coefficient (Wildman–Crippen LogP) is 3.83. The number of nitrogens with zero attached hydrogens (tertiary/aromatic N) is 1. The molecule has 1 heterocycles. The maximum Gasteiger partial charge on any atom is 0.243 e. The predicted molar refractivity (Wildman–Crippen MR) is 104 cm³/mol. The molecule has 0 saturated heterocycles. The van der Waals surface area contributed by atoms with Gasteiger partial charge in [0.25, 0.3) is 0 Å². The molecule has 0 aliphatic carbocycles. The van der Waals surface area contributed by atoms with Crippen LogP contribution in [0.25, 0.3) is 10.6 Å². The van der Waals surface area contributed by atoms with E-state index in [1.54, 1.807) is 5.38 Å². The minimum atomic E-state index is -1.68. The summed E-state index contributed by atoms with van der Waals surface area (Å²) in [5.74, 6) is -5.77. The van der Waals surface area contributed by atoms with Crippen LogP contribution in [0.2, 0.25) is 0 Å². The Morgan fingerprint density at radius 1 is 1.07 bits per heavy atom. The van der Waals surface area contributed by atoms with Gasteiger partial charge in [-0.1, -0.05) is 23.8 Å². The fraction of sp³-hybridized carbons (Fsp3) is 0.150. The van der Waals surface area contributed by atoms with Gasteiger partial charge in [0, 0.05) is 10.9 Å². The SMILES string of the molecule is Cc1cccc(-c2nc(CC(=O)NCC(=O)Nc3ccc(F)c(F)c3F)cs2)c1. The summed E-state index contributed by atoms with van der Waals surface area (Å²) in [6, 6.07) is 9.41. The molecule has 9 heteroatoms. The molecule has 0 saturated carbocycles. The zero-order valence-electron chi connectivity index (χ0n) is 15.3. The Bertz CT molecular complexity index is 1070. The molecule has 3 rings (SSSR count). The van der Waals surface area contributed by atoms with Gasteiger partial charge >= 0.3 is 0 Å². The quantitative estimate of drug-likeness (QED) is 0.597. The van der Waals surface area contributed by atoms with Crippen LogP contribution in [0.1, 0.15) is 11.3 Å². The number of benzene rings is 2. The molecule has 0 unspecified atom stereocenters. The zero-order valence-corrected chi connectivity index (χ0v) is 16.1. The molecule has 150 valence electrons. The number of nitrogens with one attached hydrogen (secondary N) is 2. The highest BCUT2D eigenvalue weighted by Crippen LogP contribution is 2.24. The highest BCUT2D eigenvalue weighted by molar-refractivity contribution is 7.13. The maximum atomic E-state index is 13.6. The van der Waals surface area contributed by atoms with Gasteiger partial charge in [0.1, 0.15) is 5.01 Å². The van der Waals surface area contributed by atoms with Gasteiger partial charge in [-0.05, 0) is 25.1 Å². The second kappa shape index (κ2) is 8.87. The Morgan fingerprint density at radius 2 is 1.86 bits per heavy atom. The number of anilines is 1. The first kappa shape index (κ1) is 20.5. The van der Waals surface area contributed by atoms with Crippen molar-refractivity contribution in [3.8, 4) is 10.6 Å². The van der Waals surface area contributed by atoms with Crippen LogP contribution in [0.15, 0.2) is 41.8 Å². The number of aromatic nitrogens is 1. The first-order valence-corrected chi connectivity index (χ1v) is 9.43. The number of carbonyl (C=O) groups is 2. The van der Waals surface area contributed by atoms with E-state index in [1.807, 2.05) is 31.2 Å². The molecule has 0 radical (unpaired) electrons. The minimum absolute atomic E-state index is 0.0326. The van der Waals surface area contributed by atoms with Crippen LogP contribution in [-0.4, -0.2) is 23.3 Å². The van der Waals surface area contributed by atoms with Crippen molar-refractivity contribution in [2.75, 3.05) is 11.9 Å². The first-order valence-electron chi connectivity index (χ1n) is 8.55. The van der Waals surface area contributed by atoms with Crippen LogP contribution in [0, 0.1) is 24.4 Å². The van der Waals surface area contributed by atoms with Crippen molar-refractivity contribution in [1.29, 1.82) is 0 Å². The fourth-order valence-corrected chi connectivity index (χ4v) is 3.34. The van der Waals surface area contributed by atoms with Crippen molar-refractivity contribution in [2.45, 2.75) is 13.3 Å². The minimum Gasteiger partial charge on any atom is -0.347 e. The molecule has 2 aromatic carbocycles. The molecule has 0 aliphatic rings. The van der Waals surface area contributed by atoms with E-state index in [0.29, 0.717) is 11.8 Å². The molecule has 0 aliphatic heterocycles. The molecule has 0 spiro atoms. The van der Waals surface area contributed by atoms with Crippen molar-refractivity contribution in [1.82, 2.24) is 10.3 Å². The van der Waals surface area contributed by atoms with E-state index < -0.39 is 41.5 Å². The summed E-state index contributed by atoms with van der Waals surface area (Å²) in [6.07, 6.45) is -0.0326. The third kappa shape index (κ3) is 5.20. The topological polar surface area (TPSA) is 71.1 Å². The van der Waals surface area contributed by atoms with Crippen LogP contribution in [-0.2, 0) is 16.0 Å². The zero-order chi connectivity index (χ0) is 21.0. The van der Waals surface area contributed by atoms with Gasteiger partial charge in [0.15, 0.2) is 17.5 Å². The Hall–Kier alpha value is -3.20. The van der Waals surface area contributed by atoms with E-state index >= 15 is 0 Å². The normalized spacial score (nSPS) is 10.6. The summed E-state index contributed by atoms with van der Waals surface area (Å²) in [4.78, 5) is 28.3. The molecule has 3 aromatic rings. The standard InChI is InChI=1S/C20H16F3N3O2S/c1-11-3-2-4-12(7-11)20-25-13(10-29-20)8-16(27)24-9-17(28)26-15-6-5-14(21)18(22)19(15)23/h2-7,10H,8-9H2,1H3,(H,24,27)(H,26,28). The largest absolute Gasteiger partial charge is 0.347 e. The molecule has 0 bridgehead atoms. The third-order valence-electron chi connectivity index (χ3n) is 3.91. The lowest BCUT2D eigenvalue weighted by atomic mass is 10.1. The second-order valence-electron chi connectivity index (χ2n) is 6.24. The van der Waals surface area contributed by atoms with Gasteiger partial charge in [0.2, 0.25) is 11.8 Å². The van der Waals surface area contributed by atoms with Crippen LogP contribution in [0.3, 0.4) is 0 Å². The molecular weight excluding hydrogens is 403 g/mol. The number of halogens is 3. The lowest BCUT2D eigenvalue weighted by Gasteiger charge is -2.08. The highest BCUT2D eigenvalue weighted by atomic mass is 32.1. The number of hydrogen-bond donors (Lipinski definition) is 2. The molecule has 0 atom stereocenters. The van der Waals surface area contributed by atoms with Crippen molar-refractivity contribution < 1.29 is 22.8 Å². The van der Waals surface area contributed by atoms with Gasteiger partial charge < -0.3 is 10.6 Å².